The average Bonchev–Trinajstić information content (AvgIpc) is 2.40. The summed E-state index contributed by atoms with van der Waals surface area (Å²) >= 11 is 0. The van der Waals surface area contributed by atoms with E-state index < -0.39 is 6.04 Å². The minimum absolute atomic E-state index is 0.246. The molecule has 3 N–H and O–H groups in total. The van der Waals surface area contributed by atoms with Crippen LogP contribution < -0.4 is 11.1 Å². The van der Waals surface area contributed by atoms with E-state index in [1.165, 1.54) is 0 Å². The number of hydrogen-bond donors (Lipinski definition) is 2. The zero-order chi connectivity index (χ0) is 12.1. The van der Waals surface area contributed by atoms with Gasteiger partial charge in [-0.05, 0) is 17.7 Å². The zero-order valence-corrected chi connectivity index (χ0v) is 9.21. The van der Waals surface area contributed by atoms with Crippen molar-refractivity contribution in [3.63, 3.8) is 0 Å². The first-order valence-electron chi connectivity index (χ1n) is 5.29. The smallest absolute Gasteiger partial charge is 0.245 e. The van der Waals surface area contributed by atoms with Crippen LogP contribution in [-0.2, 0) is 4.79 Å². The molecule has 0 aliphatic heterocycles. The van der Waals surface area contributed by atoms with E-state index in [0.717, 1.165) is 5.56 Å². The maximum Gasteiger partial charge on any atom is 0.245 e. The van der Waals surface area contributed by atoms with Crippen molar-refractivity contribution in [3.8, 4) is 0 Å². The Hall–Kier alpha value is -2.20. The molecule has 0 saturated carbocycles. The molecular weight excluding hydrogens is 214 g/mol. The Labute approximate surface area is 99.5 Å². The highest BCUT2D eigenvalue weighted by molar-refractivity contribution is 5.95. The molecule has 1 heterocycles. The molecule has 4 nitrogen and oxygen atoms in total. The molecule has 1 aromatic carbocycles. The maximum atomic E-state index is 11.8. The molecule has 2 rings (SSSR count). The van der Waals surface area contributed by atoms with Gasteiger partial charge >= 0.3 is 0 Å². The van der Waals surface area contributed by atoms with Crippen molar-refractivity contribution in [1.82, 2.24) is 4.98 Å². The molecule has 1 atom stereocenters. The summed E-state index contributed by atoms with van der Waals surface area (Å²) in [4.78, 5) is 15.8. The molecule has 0 radical (unpaired) electrons. The minimum Gasteiger partial charge on any atom is -0.323 e. The largest absolute Gasteiger partial charge is 0.323 e. The molecular formula is C13H13N3O. The van der Waals surface area contributed by atoms with Gasteiger partial charge in [0.25, 0.3) is 0 Å². The number of pyridine rings is 1. The number of hydrogen-bond acceptors (Lipinski definition) is 3. The number of nitrogens with one attached hydrogen (secondary N) is 1. The molecule has 86 valence electrons. The maximum absolute atomic E-state index is 11.8. The Kier molecular flexibility index (Phi) is 3.47. The zero-order valence-electron chi connectivity index (χ0n) is 9.21. The second-order valence-electron chi connectivity index (χ2n) is 3.62. The van der Waals surface area contributed by atoms with Crippen LogP contribution in [0.4, 0.5) is 5.69 Å². The van der Waals surface area contributed by atoms with Gasteiger partial charge in [-0.25, -0.2) is 0 Å². The predicted molar refractivity (Wildman–Crippen MR) is 66.2 cm³/mol. The SMILES string of the molecule is N[C@H](C(=O)Nc1cccnc1)c1ccccc1. The molecule has 2 aromatic rings. The van der Waals surface area contributed by atoms with E-state index in [1.807, 2.05) is 30.3 Å². The van der Waals surface area contributed by atoms with Gasteiger partial charge in [0.05, 0.1) is 11.9 Å². The summed E-state index contributed by atoms with van der Waals surface area (Å²) < 4.78 is 0. The van der Waals surface area contributed by atoms with Crippen molar-refractivity contribution in [1.29, 1.82) is 0 Å². The fourth-order valence-electron chi connectivity index (χ4n) is 1.47. The van der Waals surface area contributed by atoms with Gasteiger partial charge < -0.3 is 11.1 Å². The number of nitrogens with two attached hydrogens (primary N) is 1. The molecule has 0 aliphatic rings. The van der Waals surface area contributed by atoms with E-state index >= 15 is 0 Å². The lowest BCUT2D eigenvalue weighted by Gasteiger charge is -2.12. The Balaban J connectivity index is 2.06. The van der Waals surface area contributed by atoms with E-state index in [0.29, 0.717) is 5.69 Å². The van der Waals surface area contributed by atoms with E-state index in [2.05, 4.69) is 10.3 Å². The number of rotatable bonds is 3. The lowest BCUT2D eigenvalue weighted by Crippen LogP contribution is -2.27. The number of carbonyl (C=O) groups excluding carboxylic acids is 1. The third-order valence-corrected chi connectivity index (χ3v) is 2.37. The molecule has 0 unspecified atom stereocenters. The first-order valence-corrected chi connectivity index (χ1v) is 5.29. The topological polar surface area (TPSA) is 68.0 Å². The summed E-state index contributed by atoms with van der Waals surface area (Å²) in [6.07, 6.45) is 3.22. The van der Waals surface area contributed by atoms with Gasteiger partial charge in [0, 0.05) is 6.20 Å². The highest BCUT2D eigenvalue weighted by atomic mass is 16.2. The van der Waals surface area contributed by atoms with Crippen molar-refractivity contribution in [2.45, 2.75) is 6.04 Å². The molecule has 0 aliphatic carbocycles. The van der Waals surface area contributed by atoms with Crippen LogP contribution in [0, 0.1) is 0 Å². The molecule has 0 fully saturated rings. The number of aromatic nitrogens is 1. The van der Waals surface area contributed by atoms with E-state index in [1.54, 1.807) is 24.5 Å². The normalized spacial score (nSPS) is 11.8. The standard InChI is InChI=1S/C13H13N3O/c14-12(10-5-2-1-3-6-10)13(17)16-11-7-4-8-15-9-11/h1-9,12H,14H2,(H,16,17)/t12-/m0/s1. The molecule has 17 heavy (non-hydrogen) atoms. The highest BCUT2D eigenvalue weighted by Gasteiger charge is 2.15. The third kappa shape index (κ3) is 2.89. The number of benzene rings is 1. The van der Waals surface area contributed by atoms with Gasteiger partial charge in [0.15, 0.2) is 0 Å². The second kappa shape index (κ2) is 5.23. The van der Waals surface area contributed by atoms with Gasteiger partial charge in [0.2, 0.25) is 5.91 Å². The fraction of sp³-hybridized carbons (Fsp3) is 0.0769. The summed E-state index contributed by atoms with van der Waals surface area (Å²) in [5.74, 6) is -0.246. The lowest BCUT2D eigenvalue weighted by molar-refractivity contribution is -0.117. The average molecular weight is 227 g/mol. The first-order chi connectivity index (χ1) is 8.27. The van der Waals surface area contributed by atoms with Gasteiger partial charge in [-0.3, -0.25) is 9.78 Å². The molecule has 1 aromatic heterocycles. The molecule has 0 bridgehead atoms. The van der Waals surface area contributed by atoms with Gasteiger partial charge in [0.1, 0.15) is 6.04 Å². The third-order valence-electron chi connectivity index (χ3n) is 2.37. The molecule has 4 heteroatoms. The van der Waals surface area contributed by atoms with Crippen LogP contribution in [0.1, 0.15) is 11.6 Å². The molecule has 1 amide bonds. The van der Waals surface area contributed by atoms with Crippen molar-refractivity contribution < 1.29 is 4.79 Å². The van der Waals surface area contributed by atoms with Crippen molar-refractivity contribution >= 4 is 11.6 Å². The van der Waals surface area contributed by atoms with Crippen molar-refractivity contribution in [2.24, 2.45) is 5.73 Å². The quantitative estimate of drug-likeness (QED) is 0.838. The molecule has 0 spiro atoms. The van der Waals surface area contributed by atoms with Gasteiger partial charge in [-0.2, -0.15) is 0 Å². The Morgan fingerprint density at radius 3 is 2.59 bits per heavy atom. The Morgan fingerprint density at radius 2 is 1.94 bits per heavy atom. The van der Waals surface area contributed by atoms with Crippen LogP contribution >= 0.6 is 0 Å². The number of anilines is 1. The highest BCUT2D eigenvalue weighted by Crippen LogP contribution is 2.12. The van der Waals surface area contributed by atoms with Crippen LogP contribution in [0.5, 0.6) is 0 Å². The predicted octanol–water partition coefficient (Wildman–Crippen LogP) is 1.72. The van der Waals surface area contributed by atoms with E-state index in [9.17, 15) is 4.79 Å². The lowest BCUT2D eigenvalue weighted by atomic mass is 10.1. The monoisotopic (exact) mass is 227 g/mol. The van der Waals surface area contributed by atoms with Crippen molar-refractivity contribution in [3.05, 3.63) is 60.4 Å². The number of amides is 1. The van der Waals surface area contributed by atoms with E-state index in [4.69, 9.17) is 5.73 Å². The summed E-state index contributed by atoms with van der Waals surface area (Å²) in [5.41, 5.74) is 7.28. The molecule has 0 saturated heterocycles. The minimum atomic E-state index is -0.670. The fourth-order valence-corrected chi connectivity index (χ4v) is 1.47. The summed E-state index contributed by atoms with van der Waals surface area (Å²) in [7, 11) is 0. The summed E-state index contributed by atoms with van der Waals surface area (Å²) in [6.45, 7) is 0. The van der Waals surface area contributed by atoms with Gasteiger partial charge in [-0.15, -0.1) is 0 Å². The van der Waals surface area contributed by atoms with E-state index in [-0.39, 0.29) is 5.91 Å². The Morgan fingerprint density at radius 1 is 1.18 bits per heavy atom. The van der Waals surface area contributed by atoms with Crippen LogP contribution in [0.3, 0.4) is 0 Å². The van der Waals surface area contributed by atoms with Crippen LogP contribution in [0.25, 0.3) is 0 Å². The Bertz CT molecular complexity index is 485. The number of nitrogens with zero attached hydrogens (tertiary/aromatic N) is 1. The summed E-state index contributed by atoms with van der Waals surface area (Å²) in [5, 5.41) is 2.71. The summed E-state index contributed by atoms with van der Waals surface area (Å²) in [6, 6.07) is 12.1. The van der Waals surface area contributed by atoms with Crippen LogP contribution in [0.15, 0.2) is 54.9 Å². The van der Waals surface area contributed by atoms with Crippen LogP contribution in [0.2, 0.25) is 0 Å². The van der Waals surface area contributed by atoms with Gasteiger partial charge in [-0.1, -0.05) is 30.3 Å². The van der Waals surface area contributed by atoms with Crippen LogP contribution in [-0.4, -0.2) is 10.9 Å². The first kappa shape index (κ1) is 11.3. The van der Waals surface area contributed by atoms with Crippen molar-refractivity contribution in [2.75, 3.05) is 5.32 Å². The second-order valence-corrected chi connectivity index (χ2v) is 3.62. The number of carbonyl (C=O) groups is 1.